The zero-order chi connectivity index (χ0) is 24.3. The fourth-order valence-electron chi connectivity index (χ4n) is 4.83. The van der Waals surface area contributed by atoms with Crippen molar-refractivity contribution >= 4 is 55.9 Å². The number of halogens is 2. The highest BCUT2D eigenvalue weighted by Gasteiger charge is 2.41. The van der Waals surface area contributed by atoms with E-state index in [1.165, 1.54) is 10.8 Å². The number of nitrogens with zero attached hydrogens (tertiary/aromatic N) is 6. The summed E-state index contributed by atoms with van der Waals surface area (Å²) in [4.78, 5) is 36.3. The van der Waals surface area contributed by atoms with Gasteiger partial charge in [-0.15, -0.1) is 0 Å². The number of nitrogens with two attached hydrogens (primary N) is 1. The van der Waals surface area contributed by atoms with Crippen molar-refractivity contribution in [2.24, 2.45) is 0 Å². The molecule has 0 aliphatic carbocycles. The summed E-state index contributed by atoms with van der Waals surface area (Å²) in [6, 6.07) is 9.00. The molecule has 0 unspecified atom stereocenters. The molecule has 3 N–H and O–H groups in total. The second-order valence-corrected chi connectivity index (χ2v) is 8.52. The maximum absolute atomic E-state index is 15.0. The van der Waals surface area contributed by atoms with Crippen molar-refractivity contribution in [3.63, 3.8) is 0 Å². The number of ketones is 1. The number of aromatic nitrogens is 5. The van der Waals surface area contributed by atoms with E-state index in [9.17, 15) is 18.4 Å². The summed E-state index contributed by atoms with van der Waals surface area (Å²) in [5, 5.41) is 7.58. The lowest BCUT2D eigenvalue weighted by molar-refractivity contribution is 0.0983. The molecule has 0 amide bonds. The average Bonchev–Trinajstić information content (AvgIpc) is 3.41. The number of alkyl halides is 1. The fraction of sp³-hybridized carbons (Fsp3) is 0.261. The van der Waals surface area contributed by atoms with Crippen LogP contribution in [0.3, 0.4) is 0 Å². The van der Waals surface area contributed by atoms with Crippen molar-refractivity contribution in [1.82, 2.24) is 24.1 Å². The van der Waals surface area contributed by atoms with Gasteiger partial charge in [0.15, 0.2) is 22.9 Å². The van der Waals surface area contributed by atoms with Crippen LogP contribution in [0.15, 0.2) is 47.4 Å². The number of nitrogen functional groups attached to an aromatic ring is 1. The molecule has 14 heteroatoms. The van der Waals surface area contributed by atoms with Crippen molar-refractivity contribution < 1.29 is 13.6 Å². The van der Waals surface area contributed by atoms with Crippen LogP contribution in [0.5, 0.6) is 0 Å². The molecular weight excluding hydrogens is 522 g/mol. The topological polar surface area (TPSA) is 123 Å². The largest absolute Gasteiger partial charge is 0.369 e. The fourth-order valence-corrected chi connectivity index (χ4v) is 4.83. The summed E-state index contributed by atoms with van der Waals surface area (Å²) in [5.74, 6) is -0.306. The molecule has 0 bridgehead atoms. The van der Waals surface area contributed by atoms with Gasteiger partial charge in [0.1, 0.15) is 23.4 Å². The van der Waals surface area contributed by atoms with Crippen LogP contribution in [-0.2, 0) is 0 Å². The first-order valence-electron chi connectivity index (χ1n) is 11.1. The lowest BCUT2D eigenvalue weighted by atomic mass is 10.1. The molecule has 1 fully saturated rings. The molecule has 2 atom stereocenters. The number of hydrogen-bond acceptors (Lipinski definition) is 8. The summed E-state index contributed by atoms with van der Waals surface area (Å²) >= 11 is 0. The second-order valence-electron chi connectivity index (χ2n) is 8.52. The minimum atomic E-state index is -1.29. The Kier molecular flexibility index (Phi) is 7.15. The first kappa shape index (κ1) is 26.4. The summed E-state index contributed by atoms with van der Waals surface area (Å²) in [6.07, 6.45) is 0.257. The number of carbonyl (C=O) groups is 1. The number of anilines is 3. The minimum absolute atomic E-state index is 0. The Labute approximate surface area is 223 Å². The van der Waals surface area contributed by atoms with E-state index in [1.807, 2.05) is 0 Å². The van der Waals surface area contributed by atoms with Gasteiger partial charge >= 0.3 is 0 Å². The molecule has 0 saturated carbocycles. The lowest BCUT2D eigenvalue weighted by Gasteiger charge is -2.30. The molecular formula is C23H24F2N8O2S2. The zero-order valence-corrected chi connectivity index (χ0v) is 21.4. The van der Waals surface area contributed by atoms with Crippen LogP contribution >= 0.6 is 27.0 Å². The molecule has 6 rings (SSSR count). The van der Waals surface area contributed by atoms with Crippen LogP contribution in [0.2, 0.25) is 0 Å². The molecule has 2 aliphatic heterocycles. The summed E-state index contributed by atoms with van der Waals surface area (Å²) in [6.45, 7) is 0.311. The van der Waals surface area contributed by atoms with Gasteiger partial charge in [-0.25, -0.2) is 13.3 Å². The molecule has 1 aromatic carbocycles. The van der Waals surface area contributed by atoms with Crippen LogP contribution in [-0.4, -0.2) is 49.2 Å². The van der Waals surface area contributed by atoms with Gasteiger partial charge in [-0.2, -0.15) is 42.1 Å². The van der Waals surface area contributed by atoms with E-state index >= 15 is 0 Å². The van der Waals surface area contributed by atoms with Gasteiger partial charge in [-0.1, -0.05) is 18.2 Å². The number of Topliss-reactive ketones (excluding diaryl/α,β-unsaturated/α-hetero) is 1. The van der Waals surface area contributed by atoms with Gasteiger partial charge in [0.05, 0.1) is 18.3 Å². The maximum Gasteiger partial charge on any atom is 0.285 e. The van der Waals surface area contributed by atoms with Gasteiger partial charge in [-0.3, -0.25) is 14.2 Å². The maximum atomic E-state index is 15.0. The summed E-state index contributed by atoms with van der Waals surface area (Å²) < 4.78 is 31.9. The Hall–Kier alpha value is -3.65. The third-order valence-corrected chi connectivity index (χ3v) is 6.33. The molecule has 194 valence electrons. The van der Waals surface area contributed by atoms with E-state index < -0.39 is 23.6 Å². The Morgan fingerprint density at radius 3 is 2.59 bits per heavy atom. The van der Waals surface area contributed by atoms with E-state index in [0.717, 1.165) is 10.6 Å². The van der Waals surface area contributed by atoms with Gasteiger partial charge in [0.2, 0.25) is 5.95 Å². The first-order chi connectivity index (χ1) is 16.9. The van der Waals surface area contributed by atoms with Crippen molar-refractivity contribution in [2.75, 3.05) is 29.0 Å². The van der Waals surface area contributed by atoms with Gasteiger partial charge in [0, 0.05) is 25.6 Å². The normalized spacial score (nSPS) is 18.6. The third kappa shape index (κ3) is 4.29. The first-order valence-corrected chi connectivity index (χ1v) is 11.1. The Bertz CT molecular complexity index is 1550. The highest BCUT2D eigenvalue weighted by Crippen LogP contribution is 2.40. The van der Waals surface area contributed by atoms with Gasteiger partial charge in [-0.05, 0) is 18.2 Å². The van der Waals surface area contributed by atoms with E-state index in [-0.39, 0.29) is 80.8 Å². The Balaban J connectivity index is 0.00000160. The van der Waals surface area contributed by atoms with Crippen molar-refractivity contribution in [2.45, 2.75) is 25.1 Å². The van der Waals surface area contributed by atoms with Crippen LogP contribution in [0, 0.1) is 5.82 Å². The van der Waals surface area contributed by atoms with Crippen LogP contribution < -0.4 is 21.5 Å². The molecule has 37 heavy (non-hydrogen) atoms. The van der Waals surface area contributed by atoms with Crippen molar-refractivity contribution in [3.05, 3.63) is 70.2 Å². The standard InChI is InChI=1S/C23H20F2N8O2.2H2S/c24-12-10-15(31(11-12)21-17-16(34)6-8-27-19(17)28-23(26)29-21)20-30-32-9-7-14(25)18(32)22(35)33(20)13-4-2-1-3-5-13;;/h1-5,7,9,12,15H,6,8,10-11H2,(H3,26,27,28,29);2*1H2/t12-,15-;;/m0../s1. The monoisotopic (exact) mass is 546 g/mol. The SMILES string of the molecule is Nc1nc2c(c(N3C[C@@H](F)C[C@H]3c3nn4ccc(F)c4c(=O)n3-c3ccccc3)n1)C(=O)CCN2.S.S. The Morgan fingerprint density at radius 2 is 1.84 bits per heavy atom. The van der Waals surface area contributed by atoms with E-state index in [1.54, 1.807) is 35.2 Å². The summed E-state index contributed by atoms with van der Waals surface area (Å²) in [7, 11) is 0. The molecule has 0 radical (unpaired) electrons. The van der Waals surface area contributed by atoms with Gasteiger partial charge < -0.3 is 16.0 Å². The van der Waals surface area contributed by atoms with Gasteiger partial charge in [0.25, 0.3) is 5.56 Å². The number of nitrogens with one attached hydrogen (secondary N) is 1. The molecule has 4 aromatic rings. The predicted molar refractivity (Wildman–Crippen MR) is 145 cm³/mol. The molecule has 5 heterocycles. The number of fused-ring (bicyclic) bond motifs is 2. The molecule has 0 spiro atoms. The smallest absolute Gasteiger partial charge is 0.285 e. The lowest BCUT2D eigenvalue weighted by Crippen LogP contribution is -2.35. The van der Waals surface area contributed by atoms with Crippen molar-refractivity contribution in [1.29, 1.82) is 0 Å². The highest BCUT2D eigenvalue weighted by atomic mass is 32.1. The van der Waals surface area contributed by atoms with E-state index in [4.69, 9.17) is 5.73 Å². The molecule has 2 aliphatic rings. The predicted octanol–water partition coefficient (Wildman–Crippen LogP) is 2.51. The Morgan fingerprint density at radius 1 is 1.08 bits per heavy atom. The number of rotatable bonds is 3. The number of para-hydroxylation sites is 1. The minimum Gasteiger partial charge on any atom is -0.369 e. The number of hydrogen-bond donors (Lipinski definition) is 2. The van der Waals surface area contributed by atoms with Crippen molar-refractivity contribution in [3.8, 4) is 5.69 Å². The number of benzene rings is 1. The van der Waals surface area contributed by atoms with Crippen LogP contribution in [0.4, 0.5) is 26.4 Å². The average molecular weight is 547 g/mol. The van der Waals surface area contributed by atoms with E-state index in [0.29, 0.717) is 18.1 Å². The molecule has 10 nitrogen and oxygen atoms in total. The number of carbonyl (C=O) groups excluding carboxylic acids is 1. The van der Waals surface area contributed by atoms with E-state index in [2.05, 4.69) is 20.4 Å². The second kappa shape index (κ2) is 10.0. The van der Waals surface area contributed by atoms with Crippen LogP contribution in [0.1, 0.15) is 35.1 Å². The highest BCUT2D eigenvalue weighted by molar-refractivity contribution is 7.59. The van der Waals surface area contributed by atoms with Crippen LogP contribution in [0.25, 0.3) is 11.2 Å². The third-order valence-electron chi connectivity index (χ3n) is 6.33. The molecule has 1 saturated heterocycles. The molecule has 3 aromatic heterocycles. The summed E-state index contributed by atoms with van der Waals surface area (Å²) in [5.41, 5.74) is 5.75. The zero-order valence-electron chi connectivity index (χ0n) is 19.4. The quantitative estimate of drug-likeness (QED) is 0.402.